The van der Waals surface area contributed by atoms with Gasteiger partial charge in [0.05, 0.1) is 12.7 Å². The molecule has 0 unspecified atom stereocenters. The van der Waals surface area contributed by atoms with Crippen molar-refractivity contribution < 1.29 is 71.4 Å². The van der Waals surface area contributed by atoms with Gasteiger partial charge in [-0.1, -0.05) is 25.3 Å². The third-order valence-electron chi connectivity index (χ3n) is 2.72. The van der Waals surface area contributed by atoms with Crippen molar-refractivity contribution in [3.63, 3.8) is 0 Å². The maximum Gasteiger partial charge on any atom is 1.00 e. The van der Waals surface area contributed by atoms with Gasteiger partial charge in [-0.05, 0) is 5.84 Å². The average molecular weight is 440 g/mol. The van der Waals surface area contributed by atoms with Gasteiger partial charge in [-0.25, -0.2) is 4.98 Å². The predicted octanol–water partition coefficient (Wildman–Crippen LogP) is 0.457. The van der Waals surface area contributed by atoms with Crippen molar-refractivity contribution >= 4 is 30.0 Å². The molecule has 0 radical (unpaired) electrons. The van der Waals surface area contributed by atoms with Gasteiger partial charge in [0.15, 0.2) is 0 Å². The van der Waals surface area contributed by atoms with Crippen LogP contribution in [0.15, 0.2) is 34.0 Å². The van der Waals surface area contributed by atoms with Crippen LogP contribution in [0.5, 0.6) is 0 Å². The second kappa shape index (κ2) is 9.44. The fourth-order valence-corrected chi connectivity index (χ4v) is 2.86. The first kappa shape index (κ1) is 20.1. The smallest absolute Gasteiger partial charge is 0.414 e. The molecule has 0 bridgehead atoms. The van der Waals surface area contributed by atoms with Crippen LogP contribution >= 0.6 is 24.2 Å². The van der Waals surface area contributed by atoms with Crippen molar-refractivity contribution in [3.8, 4) is 10.8 Å². The van der Waals surface area contributed by atoms with E-state index < -0.39 is 12.3 Å². The van der Waals surface area contributed by atoms with Crippen LogP contribution in [0, 0.1) is 6.08 Å². The van der Waals surface area contributed by atoms with Crippen LogP contribution < -0.4 is 58.2 Å². The molecule has 6 nitrogen and oxygen atoms in total. The summed E-state index contributed by atoms with van der Waals surface area (Å²) in [5.41, 5.74) is 0. The second-order valence-corrected chi connectivity index (χ2v) is 5.94. The minimum atomic E-state index is -2.79. The van der Waals surface area contributed by atoms with E-state index in [1.165, 1.54) is 17.5 Å². The molecule has 3 rings (SSSR count). The molecule has 3 heterocycles. The standard InChI is InChI=1S/C13H10F2N5OS2.Rb/c14-11(15)13-19-18-12(21-13)8-6-17-10(23-8)7-20(22)9-4-2-1-3-5-16-9;/h3-6,11,22H,1,7H2;/q-1;+1. The fraction of sp³-hybridized carbons (Fsp3) is 0.231. The Morgan fingerprint density at radius 1 is 1.42 bits per heavy atom. The Balaban J connectivity index is 0.00000208. The molecule has 0 amide bonds. The van der Waals surface area contributed by atoms with Gasteiger partial charge in [-0.2, -0.15) is 14.9 Å². The molecule has 2 aromatic heterocycles. The van der Waals surface area contributed by atoms with Gasteiger partial charge in [-0.15, -0.1) is 21.5 Å². The van der Waals surface area contributed by atoms with E-state index in [2.05, 4.69) is 39.1 Å². The molecule has 0 fully saturated rings. The zero-order valence-electron chi connectivity index (χ0n) is 12.6. The Labute approximate surface area is 195 Å². The van der Waals surface area contributed by atoms with Crippen LogP contribution in [0.1, 0.15) is 23.7 Å². The zero-order valence-corrected chi connectivity index (χ0v) is 19.2. The Bertz CT molecular complexity index is 774. The number of amidine groups is 1. The first-order chi connectivity index (χ1) is 11.1. The van der Waals surface area contributed by atoms with Gasteiger partial charge in [0, 0.05) is 6.20 Å². The van der Waals surface area contributed by atoms with E-state index in [0.29, 0.717) is 28.7 Å². The van der Waals surface area contributed by atoms with E-state index in [9.17, 15) is 8.78 Å². The summed E-state index contributed by atoms with van der Waals surface area (Å²) >= 11 is 5.63. The number of nitrogens with zero attached hydrogens (tertiary/aromatic N) is 5. The fourth-order valence-electron chi connectivity index (χ4n) is 1.69. The number of thiol groups is 1. The maximum atomic E-state index is 12.5. The van der Waals surface area contributed by atoms with Crippen molar-refractivity contribution in [3.05, 3.63) is 41.5 Å². The summed E-state index contributed by atoms with van der Waals surface area (Å²) in [6, 6.07) is 0. The van der Waals surface area contributed by atoms with Crippen LogP contribution in [0.3, 0.4) is 0 Å². The summed E-state index contributed by atoms with van der Waals surface area (Å²) in [5, 5.41) is 7.59. The van der Waals surface area contributed by atoms with Crippen LogP contribution in [0.2, 0.25) is 0 Å². The maximum absolute atomic E-state index is 12.5. The number of hydrogen-bond donors (Lipinski definition) is 1. The minimum absolute atomic E-state index is 0. The number of halogens is 2. The summed E-state index contributed by atoms with van der Waals surface area (Å²) in [6.07, 6.45) is 7.77. The molecule has 2 aromatic rings. The number of thiazole rings is 1. The molecular formula is C13H10F2N5ORbS2. The normalized spacial score (nSPS) is 13.6. The molecule has 1 aliphatic rings. The molecule has 0 aromatic carbocycles. The third-order valence-corrected chi connectivity index (χ3v) is 4.04. The summed E-state index contributed by atoms with van der Waals surface area (Å²) in [6.45, 7) is 0.383. The van der Waals surface area contributed by atoms with Gasteiger partial charge >= 0.3 is 64.6 Å². The van der Waals surface area contributed by atoms with Crippen LogP contribution in [-0.4, -0.2) is 25.3 Å². The third kappa shape index (κ3) is 5.12. The number of alkyl halides is 2. The van der Waals surface area contributed by atoms with Crippen molar-refractivity contribution in [1.29, 1.82) is 0 Å². The van der Waals surface area contributed by atoms with Crippen LogP contribution in [0.25, 0.3) is 10.8 Å². The van der Waals surface area contributed by atoms with E-state index in [0.717, 1.165) is 0 Å². The second-order valence-electron chi connectivity index (χ2n) is 4.35. The SMILES string of the molecule is FC(F)c1nnc(-c2cnc(CN(S)C3=NC=CC[C-]=C3)s2)o1.[Rb+]. The Morgan fingerprint density at radius 3 is 3.00 bits per heavy atom. The predicted molar refractivity (Wildman–Crippen MR) is 83.9 cm³/mol. The Hall–Kier alpha value is -0.265. The molecule has 24 heavy (non-hydrogen) atoms. The van der Waals surface area contributed by atoms with E-state index in [-0.39, 0.29) is 64.1 Å². The summed E-state index contributed by atoms with van der Waals surface area (Å²) < 4.78 is 31.4. The molecule has 11 heteroatoms. The number of allylic oxidation sites excluding steroid dienone is 2. The molecule has 0 atom stereocenters. The van der Waals surface area contributed by atoms with Crippen molar-refractivity contribution in [1.82, 2.24) is 19.5 Å². The molecule has 0 aliphatic carbocycles. The van der Waals surface area contributed by atoms with Gasteiger partial charge in [0.25, 0.3) is 11.8 Å². The Morgan fingerprint density at radius 2 is 2.25 bits per heavy atom. The van der Waals surface area contributed by atoms with Crippen molar-refractivity contribution in [2.75, 3.05) is 0 Å². The largest absolute Gasteiger partial charge is 1.00 e. The molecular weight excluding hydrogens is 430 g/mol. The first-order valence-electron chi connectivity index (χ1n) is 6.46. The summed E-state index contributed by atoms with van der Waals surface area (Å²) in [5.74, 6) is -0.0413. The van der Waals surface area contributed by atoms with E-state index in [1.54, 1.807) is 16.6 Å². The average Bonchev–Trinajstić information content (AvgIpc) is 3.10. The van der Waals surface area contributed by atoms with Crippen molar-refractivity contribution in [2.45, 2.75) is 19.4 Å². The van der Waals surface area contributed by atoms with Crippen LogP contribution in [-0.2, 0) is 6.54 Å². The summed E-state index contributed by atoms with van der Waals surface area (Å²) in [4.78, 5) is 8.96. The van der Waals surface area contributed by atoms with E-state index >= 15 is 0 Å². The number of hydrogen-bond acceptors (Lipinski definition) is 8. The molecule has 0 spiro atoms. The number of aliphatic imine (C=N–C) groups is 1. The zero-order chi connectivity index (χ0) is 16.2. The molecule has 0 N–H and O–H groups in total. The molecule has 120 valence electrons. The molecule has 0 saturated heterocycles. The topological polar surface area (TPSA) is 67.4 Å². The monoisotopic (exact) mass is 439 g/mol. The van der Waals surface area contributed by atoms with Gasteiger partial charge in [0.2, 0.25) is 0 Å². The van der Waals surface area contributed by atoms with Crippen molar-refractivity contribution in [2.24, 2.45) is 4.99 Å². The minimum Gasteiger partial charge on any atom is -0.414 e. The molecule has 1 aliphatic heterocycles. The number of rotatable bonds is 4. The molecule has 0 saturated carbocycles. The van der Waals surface area contributed by atoms with E-state index in [1.807, 2.05) is 6.08 Å². The first-order valence-corrected chi connectivity index (χ1v) is 7.67. The summed E-state index contributed by atoms with van der Waals surface area (Å²) in [7, 11) is 0. The Kier molecular flexibility index (Phi) is 7.89. The van der Waals surface area contributed by atoms with E-state index in [4.69, 9.17) is 4.42 Å². The van der Waals surface area contributed by atoms with Crippen LogP contribution in [0.4, 0.5) is 8.78 Å². The number of aromatic nitrogens is 3. The van der Waals surface area contributed by atoms with Gasteiger partial charge < -0.3 is 13.7 Å². The van der Waals surface area contributed by atoms with Gasteiger partial charge in [0.1, 0.15) is 9.88 Å². The quantitative estimate of drug-likeness (QED) is 0.554. The van der Waals surface area contributed by atoms with Gasteiger partial charge in [-0.3, -0.25) is 6.08 Å².